The van der Waals surface area contributed by atoms with E-state index in [0.29, 0.717) is 5.39 Å². The minimum atomic E-state index is -0.378. The second kappa shape index (κ2) is 7.40. The van der Waals surface area contributed by atoms with Gasteiger partial charge in [0.05, 0.1) is 16.0 Å². The smallest absolute Gasteiger partial charge is 0.272 e. The molecular formula is C20H21N5O3. The van der Waals surface area contributed by atoms with Gasteiger partial charge in [0.2, 0.25) is 0 Å². The van der Waals surface area contributed by atoms with Crippen molar-refractivity contribution in [3.05, 3.63) is 74.2 Å². The molecule has 0 atom stereocenters. The van der Waals surface area contributed by atoms with Crippen molar-refractivity contribution in [2.75, 3.05) is 31.1 Å². The lowest BCUT2D eigenvalue weighted by molar-refractivity contribution is -0.384. The molecule has 8 nitrogen and oxygen atoms in total. The third-order valence-corrected chi connectivity index (χ3v) is 5.25. The summed E-state index contributed by atoms with van der Waals surface area (Å²) in [6, 6.07) is 12.6. The lowest BCUT2D eigenvalue weighted by Gasteiger charge is -2.36. The number of H-pyrrole nitrogens is 1. The molecule has 4 rings (SSSR count). The maximum Gasteiger partial charge on any atom is 0.272 e. The summed E-state index contributed by atoms with van der Waals surface area (Å²) in [5.41, 5.74) is 2.94. The highest BCUT2D eigenvalue weighted by atomic mass is 16.6. The van der Waals surface area contributed by atoms with E-state index in [2.05, 4.69) is 20.0 Å². The van der Waals surface area contributed by atoms with Crippen LogP contribution in [0.1, 0.15) is 11.3 Å². The molecule has 0 saturated carbocycles. The number of hydrogen-bond donors (Lipinski definition) is 1. The number of rotatable bonds is 4. The van der Waals surface area contributed by atoms with Gasteiger partial charge in [0.15, 0.2) is 0 Å². The molecule has 1 fully saturated rings. The third kappa shape index (κ3) is 3.59. The van der Waals surface area contributed by atoms with Crippen LogP contribution in [0.15, 0.2) is 47.3 Å². The zero-order chi connectivity index (χ0) is 19.7. The Hall–Kier alpha value is -3.26. The second-order valence-corrected chi connectivity index (χ2v) is 7.05. The van der Waals surface area contributed by atoms with Gasteiger partial charge in [0, 0.05) is 55.9 Å². The minimum Gasteiger partial charge on any atom is -0.369 e. The van der Waals surface area contributed by atoms with E-state index in [0.717, 1.165) is 55.1 Å². The first kappa shape index (κ1) is 18.1. The molecule has 8 heteroatoms. The molecule has 0 bridgehead atoms. The first-order chi connectivity index (χ1) is 13.5. The lowest BCUT2D eigenvalue weighted by atomic mass is 10.1. The Labute approximate surface area is 161 Å². The number of nitrogens with zero attached hydrogens (tertiary/aromatic N) is 4. The highest BCUT2D eigenvalue weighted by Gasteiger charge is 2.18. The number of aromatic nitrogens is 2. The normalized spacial score (nSPS) is 15.1. The molecule has 0 aliphatic carbocycles. The number of fused-ring (bicyclic) bond motifs is 1. The fourth-order valence-electron chi connectivity index (χ4n) is 3.63. The number of nitrogens with one attached hydrogen (secondary N) is 1. The Morgan fingerprint density at radius 1 is 1.07 bits per heavy atom. The van der Waals surface area contributed by atoms with Gasteiger partial charge in [0.1, 0.15) is 0 Å². The Kier molecular flexibility index (Phi) is 4.79. The van der Waals surface area contributed by atoms with Crippen LogP contribution in [-0.4, -0.2) is 46.2 Å². The van der Waals surface area contributed by atoms with Gasteiger partial charge < -0.3 is 4.90 Å². The van der Waals surface area contributed by atoms with Gasteiger partial charge in [-0.2, -0.15) is 5.10 Å². The molecule has 1 aliphatic heterocycles. The predicted molar refractivity (Wildman–Crippen MR) is 108 cm³/mol. The molecule has 2 heterocycles. The average molecular weight is 379 g/mol. The maximum atomic E-state index is 11.9. The van der Waals surface area contributed by atoms with E-state index in [9.17, 15) is 14.9 Å². The van der Waals surface area contributed by atoms with Crippen LogP contribution >= 0.6 is 0 Å². The standard InChI is InChI=1S/C20H21N5O3/c1-14-19-12-17(6-7-18(19)20(26)22-21-14)24-10-8-23(9-11-24)13-15-2-4-16(5-3-15)25(27)28/h2-7,12H,8-11,13H2,1H3,(H,22,26). The van der Waals surface area contributed by atoms with E-state index in [1.165, 1.54) is 0 Å². The monoisotopic (exact) mass is 379 g/mol. The summed E-state index contributed by atoms with van der Waals surface area (Å²) in [7, 11) is 0. The Morgan fingerprint density at radius 2 is 1.79 bits per heavy atom. The number of benzene rings is 2. The summed E-state index contributed by atoms with van der Waals surface area (Å²) >= 11 is 0. The molecule has 0 unspecified atom stereocenters. The van der Waals surface area contributed by atoms with E-state index in [-0.39, 0.29) is 16.2 Å². The van der Waals surface area contributed by atoms with E-state index in [4.69, 9.17) is 0 Å². The van der Waals surface area contributed by atoms with Crippen molar-refractivity contribution in [1.29, 1.82) is 0 Å². The van der Waals surface area contributed by atoms with Gasteiger partial charge >= 0.3 is 0 Å². The molecule has 3 aromatic rings. The molecule has 0 spiro atoms. The van der Waals surface area contributed by atoms with Crippen molar-refractivity contribution >= 4 is 22.1 Å². The van der Waals surface area contributed by atoms with Crippen molar-refractivity contribution in [1.82, 2.24) is 15.1 Å². The maximum absolute atomic E-state index is 11.9. The van der Waals surface area contributed by atoms with E-state index >= 15 is 0 Å². The van der Waals surface area contributed by atoms with Crippen LogP contribution in [-0.2, 0) is 6.54 Å². The molecule has 0 radical (unpaired) electrons. The Balaban J connectivity index is 1.42. The summed E-state index contributed by atoms with van der Waals surface area (Å²) in [6.45, 7) is 6.25. The summed E-state index contributed by atoms with van der Waals surface area (Å²) in [6.07, 6.45) is 0. The van der Waals surface area contributed by atoms with E-state index in [1.807, 2.05) is 37.3 Å². The van der Waals surface area contributed by atoms with Gasteiger partial charge in [-0.15, -0.1) is 0 Å². The number of non-ortho nitro benzene ring substituents is 1. The summed E-state index contributed by atoms with van der Waals surface area (Å²) in [5, 5.41) is 18.9. The number of nitro groups is 1. The Bertz CT molecular complexity index is 1070. The highest BCUT2D eigenvalue weighted by Crippen LogP contribution is 2.23. The van der Waals surface area contributed by atoms with Crippen molar-refractivity contribution in [2.24, 2.45) is 0 Å². The third-order valence-electron chi connectivity index (χ3n) is 5.25. The molecule has 1 aromatic heterocycles. The van der Waals surface area contributed by atoms with Crippen LogP contribution in [0.4, 0.5) is 11.4 Å². The summed E-state index contributed by atoms with van der Waals surface area (Å²) < 4.78 is 0. The molecule has 1 saturated heterocycles. The zero-order valence-corrected chi connectivity index (χ0v) is 15.6. The molecule has 0 amide bonds. The molecule has 2 aromatic carbocycles. The fourth-order valence-corrected chi connectivity index (χ4v) is 3.63. The molecular weight excluding hydrogens is 358 g/mol. The van der Waals surface area contributed by atoms with Crippen molar-refractivity contribution in [2.45, 2.75) is 13.5 Å². The van der Waals surface area contributed by atoms with Gasteiger partial charge in [-0.3, -0.25) is 19.8 Å². The van der Waals surface area contributed by atoms with Gasteiger partial charge in [-0.05, 0) is 30.7 Å². The topological polar surface area (TPSA) is 95.4 Å². The lowest BCUT2D eigenvalue weighted by Crippen LogP contribution is -2.45. The largest absolute Gasteiger partial charge is 0.369 e. The minimum absolute atomic E-state index is 0.119. The number of nitro benzene ring substituents is 1. The van der Waals surface area contributed by atoms with Crippen LogP contribution in [0.2, 0.25) is 0 Å². The molecule has 144 valence electrons. The number of aromatic amines is 1. The fraction of sp³-hybridized carbons (Fsp3) is 0.300. The number of piperazine rings is 1. The number of anilines is 1. The van der Waals surface area contributed by atoms with E-state index in [1.54, 1.807) is 12.1 Å². The first-order valence-corrected chi connectivity index (χ1v) is 9.21. The quantitative estimate of drug-likeness (QED) is 0.553. The van der Waals surface area contributed by atoms with Gasteiger partial charge in [0.25, 0.3) is 11.2 Å². The number of aryl methyl sites for hydroxylation is 1. The zero-order valence-electron chi connectivity index (χ0n) is 15.6. The first-order valence-electron chi connectivity index (χ1n) is 9.21. The van der Waals surface area contributed by atoms with Gasteiger partial charge in [-0.25, -0.2) is 5.10 Å². The molecule has 1 aliphatic rings. The van der Waals surface area contributed by atoms with Crippen molar-refractivity contribution in [3.8, 4) is 0 Å². The summed E-state index contributed by atoms with van der Waals surface area (Å²) in [5.74, 6) is 0. The van der Waals surface area contributed by atoms with Crippen LogP contribution < -0.4 is 10.5 Å². The summed E-state index contributed by atoms with van der Waals surface area (Å²) in [4.78, 5) is 27.0. The van der Waals surface area contributed by atoms with Gasteiger partial charge in [-0.1, -0.05) is 12.1 Å². The second-order valence-electron chi connectivity index (χ2n) is 7.05. The highest BCUT2D eigenvalue weighted by molar-refractivity contribution is 5.86. The SMILES string of the molecule is Cc1n[nH]c(=O)c2ccc(N3CCN(Cc4ccc([N+](=O)[O-])cc4)CC3)cc12. The van der Waals surface area contributed by atoms with Crippen molar-refractivity contribution in [3.63, 3.8) is 0 Å². The van der Waals surface area contributed by atoms with Crippen LogP contribution in [0.25, 0.3) is 10.8 Å². The van der Waals surface area contributed by atoms with Crippen LogP contribution in [0, 0.1) is 17.0 Å². The Morgan fingerprint density at radius 3 is 2.46 bits per heavy atom. The average Bonchev–Trinajstić information content (AvgIpc) is 2.71. The number of hydrogen-bond acceptors (Lipinski definition) is 6. The van der Waals surface area contributed by atoms with Crippen molar-refractivity contribution < 1.29 is 4.92 Å². The van der Waals surface area contributed by atoms with Crippen LogP contribution in [0.5, 0.6) is 0 Å². The molecule has 1 N–H and O–H groups in total. The van der Waals surface area contributed by atoms with Crippen LogP contribution in [0.3, 0.4) is 0 Å². The predicted octanol–water partition coefficient (Wildman–Crippen LogP) is 2.46. The molecule has 28 heavy (non-hydrogen) atoms. The van der Waals surface area contributed by atoms with E-state index < -0.39 is 0 Å².